The van der Waals surface area contributed by atoms with Crippen LogP contribution in [0.15, 0.2) is 24.3 Å². The average Bonchev–Trinajstić information content (AvgIpc) is 3.30. The molecule has 1 saturated carbocycles. The Morgan fingerprint density at radius 3 is 2.54 bits per heavy atom. The number of benzene rings is 1. The van der Waals surface area contributed by atoms with Crippen molar-refractivity contribution >= 4 is 11.9 Å². The second-order valence-corrected chi connectivity index (χ2v) is 7.52. The number of hydrogen-bond acceptors (Lipinski definition) is 4. The summed E-state index contributed by atoms with van der Waals surface area (Å²) in [7, 11) is 3.12. The van der Waals surface area contributed by atoms with E-state index >= 15 is 0 Å². The Balaban J connectivity index is 1.89. The molecule has 1 aliphatic heterocycles. The average molecular weight is 361 g/mol. The summed E-state index contributed by atoms with van der Waals surface area (Å²) >= 11 is 0. The maximum Gasteiger partial charge on any atom is 0.313 e. The smallest absolute Gasteiger partial charge is 0.313 e. The fraction of sp³-hybridized carbons (Fsp3) is 0.600. The molecule has 0 spiro atoms. The van der Waals surface area contributed by atoms with Crippen LogP contribution >= 0.6 is 0 Å². The maximum atomic E-state index is 13.5. The SMILES string of the molecule is COCC1(C(=O)O)CCN(C(=O)C2(c3cccc(OC)c3)CCCC2)C1. The molecule has 1 saturated heterocycles. The van der Waals surface area contributed by atoms with Gasteiger partial charge in [0.15, 0.2) is 0 Å². The van der Waals surface area contributed by atoms with Crippen LogP contribution < -0.4 is 4.74 Å². The minimum absolute atomic E-state index is 0.0440. The quantitative estimate of drug-likeness (QED) is 0.842. The first kappa shape index (κ1) is 18.7. The number of aliphatic carboxylic acids is 1. The number of methoxy groups -OCH3 is 2. The van der Waals surface area contributed by atoms with Crippen molar-refractivity contribution in [1.82, 2.24) is 4.90 Å². The lowest BCUT2D eigenvalue weighted by molar-refractivity contribution is -0.152. The number of carbonyl (C=O) groups is 2. The van der Waals surface area contributed by atoms with E-state index in [1.807, 2.05) is 24.3 Å². The molecule has 6 heteroatoms. The predicted octanol–water partition coefficient (Wildman–Crippen LogP) is 2.46. The molecule has 0 radical (unpaired) electrons. The van der Waals surface area contributed by atoms with E-state index in [4.69, 9.17) is 9.47 Å². The van der Waals surface area contributed by atoms with Crippen LogP contribution in [0.4, 0.5) is 0 Å². The summed E-state index contributed by atoms with van der Waals surface area (Å²) in [6.07, 6.45) is 4.01. The van der Waals surface area contributed by atoms with Gasteiger partial charge in [-0.1, -0.05) is 25.0 Å². The van der Waals surface area contributed by atoms with Crippen LogP contribution in [0.25, 0.3) is 0 Å². The zero-order chi connectivity index (χ0) is 18.8. The first-order chi connectivity index (χ1) is 12.5. The minimum atomic E-state index is -1.00. The number of hydrogen-bond donors (Lipinski definition) is 1. The van der Waals surface area contributed by atoms with E-state index < -0.39 is 16.8 Å². The first-order valence-corrected chi connectivity index (χ1v) is 9.14. The largest absolute Gasteiger partial charge is 0.497 e. The molecule has 1 aromatic rings. The van der Waals surface area contributed by atoms with E-state index in [0.717, 1.165) is 37.0 Å². The van der Waals surface area contributed by atoms with E-state index in [1.54, 1.807) is 12.0 Å². The lowest BCUT2D eigenvalue weighted by Gasteiger charge is -2.34. The summed E-state index contributed by atoms with van der Waals surface area (Å²) in [5.74, 6) is -0.110. The Morgan fingerprint density at radius 2 is 1.92 bits per heavy atom. The molecule has 0 aromatic heterocycles. The molecule has 1 heterocycles. The van der Waals surface area contributed by atoms with E-state index in [2.05, 4.69) is 0 Å². The lowest BCUT2D eigenvalue weighted by Crippen LogP contribution is -2.47. The zero-order valence-corrected chi connectivity index (χ0v) is 15.5. The van der Waals surface area contributed by atoms with Gasteiger partial charge in [0.25, 0.3) is 0 Å². The summed E-state index contributed by atoms with van der Waals surface area (Å²) in [6, 6.07) is 7.72. The number of carboxylic acids is 1. The normalized spacial score (nSPS) is 24.6. The molecule has 1 amide bonds. The van der Waals surface area contributed by atoms with Crippen molar-refractivity contribution < 1.29 is 24.2 Å². The Hall–Kier alpha value is -2.08. The van der Waals surface area contributed by atoms with Gasteiger partial charge in [-0.25, -0.2) is 0 Å². The number of likely N-dealkylation sites (tertiary alicyclic amines) is 1. The molecule has 1 aliphatic carbocycles. The first-order valence-electron chi connectivity index (χ1n) is 9.14. The molecule has 2 aliphatic rings. The molecule has 3 rings (SSSR count). The number of nitrogens with zero attached hydrogens (tertiary/aromatic N) is 1. The number of rotatable bonds is 6. The highest BCUT2D eigenvalue weighted by atomic mass is 16.5. The van der Waals surface area contributed by atoms with Gasteiger partial charge in [0.05, 0.1) is 19.1 Å². The Kier molecular flexibility index (Phi) is 5.23. The molecule has 1 N–H and O–H groups in total. The molecule has 26 heavy (non-hydrogen) atoms. The van der Waals surface area contributed by atoms with Gasteiger partial charge in [0, 0.05) is 20.2 Å². The minimum Gasteiger partial charge on any atom is -0.497 e. The molecule has 6 nitrogen and oxygen atoms in total. The number of carboxylic acid groups (broad SMARTS) is 1. The second kappa shape index (κ2) is 7.27. The van der Waals surface area contributed by atoms with Crippen molar-refractivity contribution in [2.45, 2.75) is 37.5 Å². The zero-order valence-electron chi connectivity index (χ0n) is 15.5. The van der Waals surface area contributed by atoms with Crippen LogP contribution in [0.1, 0.15) is 37.7 Å². The van der Waals surface area contributed by atoms with Crippen LogP contribution in [0.3, 0.4) is 0 Å². The molecule has 1 aromatic carbocycles. The van der Waals surface area contributed by atoms with Crippen molar-refractivity contribution in [2.24, 2.45) is 5.41 Å². The third-order valence-electron chi connectivity index (χ3n) is 6.00. The third kappa shape index (κ3) is 3.07. The highest BCUT2D eigenvalue weighted by molar-refractivity contribution is 5.90. The van der Waals surface area contributed by atoms with Crippen molar-refractivity contribution in [3.05, 3.63) is 29.8 Å². The van der Waals surface area contributed by atoms with Gasteiger partial charge in [-0.15, -0.1) is 0 Å². The lowest BCUT2D eigenvalue weighted by atomic mass is 9.77. The fourth-order valence-corrected chi connectivity index (χ4v) is 4.50. The predicted molar refractivity (Wildman–Crippen MR) is 96.3 cm³/mol. The van der Waals surface area contributed by atoms with Gasteiger partial charge in [-0.05, 0) is 37.0 Å². The van der Waals surface area contributed by atoms with Crippen molar-refractivity contribution in [3.8, 4) is 5.75 Å². The second-order valence-electron chi connectivity index (χ2n) is 7.52. The number of amides is 1. The van der Waals surface area contributed by atoms with E-state index in [0.29, 0.717) is 13.0 Å². The van der Waals surface area contributed by atoms with E-state index in [-0.39, 0.29) is 19.1 Å². The third-order valence-corrected chi connectivity index (χ3v) is 6.00. The van der Waals surface area contributed by atoms with Crippen molar-refractivity contribution in [3.63, 3.8) is 0 Å². The number of ether oxygens (including phenoxy) is 2. The molecular weight excluding hydrogens is 334 g/mol. The highest BCUT2D eigenvalue weighted by Crippen LogP contribution is 2.45. The molecule has 1 atom stereocenters. The van der Waals surface area contributed by atoms with Crippen LogP contribution in [0, 0.1) is 5.41 Å². The molecule has 0 bridgehead atoms. The molecule has 2 fully saturated rings. The van der Waals surface area contributed by atoms with Gasteiger partial charge in [-0.3, -0.25) is 9.59 Å². The summed E-state index contributed by atoms with van der Waals surface area (Å²) in [4.78, 5) is 27.1. The van der Waals surface area contributed by atoms with Gasteiger partial charge in [0.2, 0.25) is 5.91 Å². The topological polar surface area (TPSA) is 76.1 Å². The van der Waals surface area contributed by atoms with Crippen molar-refractivity contribution in [1.29, 1.82) is 0 Å². The van der Waals surface area contributed by atoms with Crippen LogP contribution in [-0.4, -0.2) is 55.8 Å². The highest BCUT2D eigenvalue weighted by Gasteiger charge is 2.51. The summed E-state index contributed by atoms with van der Waals surface area (Å²) in [5, 5.41) is 9.67. The maximum absolute atomic E-state index is 13.5. The standard InChI is InChI=1S/C20H27NO5/c1-25-14-19(18(23)24)10-11-21(13-19)17(22)20(8-3-4-9-20)15-6-5-7-16(12-15)26-2/h5-7,12H,3-4,8-11,13-14H2,1-2H3,(H,23,24). The van der Waals surface area contributed by atoms with Gasteiger partial charge >= 0.3 is 5.97 Å². The van der Waals surface area contributed by atoms with E-state index in [1.165, 1.54) is 7.11 Å². The van der Waals surface area contributed by atoms with Crippen LogP contribution in [0.5, 0.6) is 5.75 Å². The summed E-state index contributed by atoms with van der Waals surface area (Å²) in [5.41, 5.74) is -0.603. The van der Waals surface area contributed by atoms with Crippen molar-refractivity contribution in [2.75, 3.05) is 33.9 Å². The molecule has 142 valence electrons. The van der Waals surface area contributed by atoms with E-state index in [9.17, 15) is 14.7 Å². The number of carbonyl (C=O) groups excluding carboxylic acids is 1. The monoisotopic (exact) mass is 361 g/mol. The van der Waals surface area contributed by atoms with Gasteiger partial charge < -0.3 is 19.5 Å². The van der Waals surface area contributed by atoms with Gasteiger partial charge in [-0.2, -0.15) is 0 Å². The van der Waals surface area contributed by atoms with Crippen LogP contribution in [-0.2, 0) is 19.7 Å². The Morgan fingerprint density at radius 1 is 1.19 bits per heavy atom. The summed E-state index contributed by atoms with van der Waals surface area (Å²) in [6.45, 7) is 0.791. The van der Waals surface area contributed by atoms with Gasteiger partial charge in [0.1, 0.15) is 11.2 Å². The molecular formula is C20H27NO5. The fourth-order valence-electron chi connectivity index (χ4n) is 4.50. The van der Waals surface area contributed by atoms with Crippen LogP contribution in [0.2, 0.25) is 0 Å². The Labute approximate surface area is 154 Å². The summed E-state index contributed by atoms with van der Waals surface area (Å²) < 4.78 is 10.5. The molecule has 1 unspecified atom stereocenters. The Bertz CT molecular complexity index is 683.